The van der Waals surface area contributed by atoms with Gasteiger partial charge in [0, 0.05) is 27.8 Å². The highest BCUT2D eigenvalue weighted by Crippen LogP contribution is 2.42. The molecule has 0 aliphatic heterocycles. The fourth-order valence-corrected chi connectivity index (χ4v) is 8.36. The first-order chi connectivity index (χ1) is 28.2. The Kier molecular flexibility index (Phi) is 7.92. The van der Waals surface area contributed by atoms with Crippen LogP contribution in [0.2, 0.25) is 0 Å². The topological polar surface area (TPSA) is 51.8 Å². The van der Waals surface area contributed by atoms with Gasteiger partial charge in [-0.05, 0) is 85.6 Å². The van der Waals surface area contributed by atoms with Gasteiger partial charge in [0.2, 0.25) is 0 Å². The van der Waals surface area contributed by atoms with Crippen LogP contribution in [0.1, 0.15) is 18.2 Å². The maximum Gasteiger partial charge on any atom is 0.163 e. The molecule has 0 fully saturated rings. The molecule has 1 unspecified atom stereocenters. The molecule has 8 aromatic carbocycles. The Balaban J connectivity index is 0.971. The summed E-state index contributed by atoms with van der Waals surface area (Å²) in [7, 11) is 0. The molecule has 0 radical (unpaired) electrons. The standard InChI is InChI=1S/C53H35N3O/c1-3-13-36(14-4-1)51-54-52(37-15-5-2-6-16-37)56-53(55-51)38-25-23-35(24-26-38)42-30-31-45(44-19-10-9-18-43(42)44)46-20-11-21-48-50(46)47-29-28-41(33-49(47)57-48)40-27-22-34-12-7-8-17-39(34)32-40/h1-15,17-33,37H,16H2. The molecule has 0 saturated heterocycles. The molecule has 4 heteroatoms. The largest absolute Gasteiger partial charge is 0.456 e. The zero-order valence-electron chi connectivity index (χ0n) is 31.0. The molecule has 0 spiro atoms. The van der Waals surface area contributed by atoms with Crippen LogP contribution in [0.5, 0.6) is 0 Å². The number of benzene rings is 8. The Hall–Kier alpha value is -7.43. The Morgan fingerprint density at radius 2 is 1.09 bits per heavy atom. The summed E-state index contributed by atoms with van der Waals surface area (Å²) in [6.07, 6.45) is 9.36. The van der Waals surface area contributed by atoms with E-state index in [2.05, 4.69) is 176 Å². The maximum atomic E-state index is 6.57. The predicted molar refractivity (Wildman–Crippen MR) is 235 cm³/mol. The minimum Gasteiger partial charge on any atom is -0.456 e. The molecule has 0 N–H and O–H groups in total. The van der Waals surface area contributed by atoms with Crippen LogP contribution in [0.3, 0.4) is 0 Å². The highest BCUT2D eigenvalue weighted by Gasteiger charge is 2.19. The number of hydrogen-bond donors (Lipinski definition) is 0. The second-order valence-electron chi connectivity index (χ2n) is 14.7. The smallest absolute Gasteiger partial charge is 0.163 e. The minimum absolute atomic E-state index is 0.113. The van der Waals surface area contributed by atoms with Crippen LogP contribution < -0.4 is 0 Å². The number of aromatic nitrogens is 3. The van der Waals surface area contributed by atoms with Gasteiger partial charge in [0.25, 0.3) is 0 Å². The molecule has 1 aliphatic carbocycles. The average Bonchev–Trinajstić information content (AvgIpc) is 3.67. The van der Waals surface area contributed by atoms with Gasteiger partial charge < -0.3 is 4.42 Å². The molecule has 1 atom stereocenters. The third-order valence-corrected chi connectivity index (χ3v) is 11.2. The lowest BCUT2D eigenvalue weighted by atomic mass is 9.90. The summed E-state index contributed by atoms with van der Waals surface area (Å²) in [6.45, 7) is 0. The lowest BCUT2D eigenvalue weighted by molar-refractivity contribution is 0.669. The van der Waals surface area contributed by atoms with Crippen LogP contribution in [-0.2, 0) is 0 Å². The van der Waals surface area contributed by atoms with Crippen LogP contribution >= 0.6 is 0 Å². The van der Waals surface area contributed by atoms with E-state index in [4.69, 9.17) is 19.4 Å². The Morgan fingerprint density at radius 3 is 1.89 bits per heavy atom. The quantitative estimate of drug-likeness (QED) is 0.171. The molecule has 268 valence electrons. The van der Waals surface area contributed by atoms with Crippen LogP contribution in [-0.4, -0.2) is 15.0 Å². The van der Waals surface area contributed by atoms with Gasteiger partial charge in [-0.3, -0.25) is 0 Å². The van der Waals surface area contributed by atoms with E-state index in [1.165, 1.54) is 38.2 Å². The third kappa shape index (κ3) is 5.90. The van der Waals surface area contributed by atoms with Crippen LogP contribution in [0.4, 0.5) is 0 Å². The van der Waals surface area contributed by atoms with E-state index in [1.807, 2.05) is 18.2 Å². The summed E-state index contributed by atoms with van der Waals surface area (Å²) in [6, 6.07) is 60.1. The number of rotatable bonds is 6. The summed E-state index contributed by atoms with van der Waals surface area (Å²) in [4.78, 5) is 14.9. The molecule has 2 aromatic heterocycles. The van der Waals surface area contributed by atoms with Gasteiger partial charge in [0.15, 0.2) is 11.6 Å². The van der Waals surface area contributed by atoms with Crippen molar-refractivity contribution in [3.8, 4) is 56.2 Å². The van der Waals surface area contributed by atoms with Crippen LogP contribution in [0.15, 0.2) is 199 Å². The molecular formula is C53H35N3O. The van der Waals surface area contributed by atoms with Crippen LogP contribution in [0, 0.1) is 0 Å². The van der Waals surface area contributed by atoms with E-state index in [9.17, 15) is 0 Å². The molecule has 4 nitrogen and oxygen atoms in total. The van der Waals surface area contributed by atoms with Crippen molar-refractivity contribution in [1.29, 1.82) is 0 Å². The van der Waals surface area contributed by atoms with E-state index in [-0.39, 0.29) is 5.92 Å². The maximum absolute atomic E-state index is 6.57. The number of fused-ring (bicyclic) bond motifs is 5. The molecular weight excluding hydrogens is 695 g/mol. The monoisotopic (exact) mass is 729 g/mol. The third-order valence-electron chi connectivity index (χ3n) is 11.2. The lowest BCUT2D eigenvalue weighted by Gasteiger charge is -2.15. The second kappa shape index (κ2) is 13.7. The van der Waals surface area contributed by atoms with E-state index >= 15 is 0 Å². The summed E-state index contributed by atoms with van der Waals surface area (Å²) < 4.78 is 6.57. The van der Waals surface area contributed by atoms with Gasteiger partial charge in [0.1, 0.15) is 17.0 Å². The number of allylic oxidation sites excluding steroid dienone is 4. The molecule has 1 aliphatic rings. The first-order valence-electron chi connectivity index (χ1n) is 19.5. The van der Waals surface area contributed by atoms with Crippen LogP contribution in [0.25, 0.3) is 99.6 Å². The van der Waals surface area contributed by atoms with E-state index in [1.54, 1.807) is 0 Å². The highest BCUT2D eigenvalue weighted by molar-refractivity contribution is 6.17. The summed E-state index contributed by atoms with van der Waals surface area (Å²) in [5.41, 5.74) is 10.7. The number of nitrogens with zero attached hydrogens (tertiary/aromatic N) is 3. The molecule has 11 rings (SSSR count). The molecule has 2 heterocycles. The normalized spacial score (nSPS) is 13.9. The Bertz CT molecular complexity index is 3210. The van der Waals surface area contributed by atoms with Gasteiger partial charge in [0.05, 0.1) is 0 Å². The summed E-state index contributed by atoms with van der Waals surface area (Å²) in [5, 5.41) is 7.10. The van der Waals surface area contributed by atoms with Crippen molar-refractivity contribution >= 4 is 43.5 Å². The van der Waals surface area contributed by atoms with Gasteiger partial charge in [-0.2, -0.15) is 0 Å². The molecule has 0 amide bonds. The van der Waals surface area contributed by atoms with Crippen molar-refractivity contribution in [1.82, 2.24) is 15.0 Å². The molecule has 0 saturated carbocycles. The minimum atomic E-state index is 0.113. The number of hydrogen-bond acceptors (Lipinski definition) is 4. The molecule has 57 heavy (non-hydrogen) atoms. The second-order valence-corrected chi connectivity index (χ2v) is 14.7. The van der Waals surface area contributed by atoms with E-state index < -0.39 is 0 Å². The van der Waals surface area contributed by atoms with E-state index in [0.717, 1.165) is 62.0 Å². The number of furan rings is 1. The van der Waals surface area contributed by atoms with Gasteiger partial charge >= 0.3 is 0 Å². The van der Waals surface area contributed by atoms with Crippen molar-refractivity contribution in [2.75, 3.05) is 0 Å². The Labute approximate surface area is 330 Å². The first kappa shape index (κ1) is 33.0. The van der Waals surface area contributed by atoms with Crippen molar-refractivity contribution in [3.05, 3.63) is 200 Å². The zero-order chi connectivity index (χ0) is 37.7. The predicted octanol–water partition coefficient (Wildman–Crippen LogP) is 14.0. The van der Waals surface area contributed by atoms with Crippen molar-refractivity contribution < 1.29 is 4.42 Å². The summed E-state index contributed by atoms with van der Waals surface area (Å²) >= 11 is 0. The zero-order valence-corrected chi connectivity index (χ0v) is 31.0. The molecule has 10 aromatic rings. The SMILES string of the molecule is C1=CCC(c2nc(-c3ccccc3)nc(-c3ccc(-c4ccc(-c5cccc6oc7cc(-c8ccc9ccccc9c8)ccc7c56)c5ccccc45)cc3)n2)C=C1. The fraction of sp³-hybridized carbons (Fsp3) is 0.0377. The Morgan fingerprint density at radius 1 is 0.421 bits per heavy atom. The average molecular weight is 730 g/mol. The summed E-state index contributed by atoms with van der Waals surface area (Å²) in [5.74, 6) is 2.27. The van der Waals surface area contributed by atoms with Crippen molar-refractivity contribution in [3.63, 3.8) is 0 Å². The fourth-order valence-electron chi connectivity index (χ4n) is 8.36. The lowest BCUT2D eigenvalue weighted by Crippen LogP contribution is -2.07. The van der Waals surface area contributed by atoms with Gasteiger partial charge in [-0.15, -0.1) is 0 Å². The van der Waals surface area contributed by atoms with Gasteiger partial charge in [-0.25, -0.2) is 15.0 Å². The molecule has 0 bridgehead atoms. The van der Waals surface area contributed by atoms with Crippen molar-refractivity contribution in [2.45, 2.75) is 12.3 Å². The first-order valence-corrected chi connectivity index (χ1v) is 19.5. The van der Waals surface area contributed by atoms with Gasteiger partial charge in [-0.1, -0.05) is 170 Å². The highest BCUT2D eigenvalue weighted by atomic mass is 16.3. The van der Waals surface area contributed by atoms with E-state index in [0.29, 0.717) is 11.6 Å². The van der Waals surface area contributed by atoms with Crippen molar-refractivity contribution in [2.24, 2.45) is 0 Å².